The number of hydrogen-bond acceptors (Lipinski definition) is 3. The summed E-state index contributed by atoms with van der Waals surface area (Å²) < 4.78 is 10.5. The molecule has 1 heterocycles. The van der Waals surface area contributed by atoms with Crippen LogP contribution >= 0.6 is 11.6 Å². The molecular formula is C15H22ClNO3. The van der Waals surface area contributed by atoms with Gasteiger partial charge >= 0.3 is 0 Å². The van der Waals surface area contributed by atoms with Crippen molar-refractivity contribution in [2.75, 3.05) is 39.7 Å². The fourth-order valence-electron chi connectivity index (χ4n) is 2.76. The van der Waals surface area contributed by atoms with E-state index in [0.717, 1.165) is 30.8 Å². The molecule has 4 nitrogen and oxygen atoms in total. The highest BCUT2D eigenvalue weighted by atomic mass is 35.5. The summed E-state index contributed by atoms with van der Waals surface area (Å²) in [5, 5.41) is 12.7. The number of hydroxylamine groups is 3. The number of fused-ring (bicyclic) bond motifs is 1. The topological polar surface area (TPSA) is 41.5 Å². The Balaban J connectivity index is 2.20. The van der Waals surface area contributed by atoms with Crippen molar-refractivity contribution in [2.45, 2.75) is 19.3 Å². The zero-order valence-electron chi connectivity index (χ0n) is 12.2. The second-order valence-corrected chi connectivity index (χ2v) is 5.63. The largest absolute Gasteiger partial charge is 0.633 e. The maximum atomic E-state index is 12.7. The molecule has 0 amide bonds. The Morgan fingerprint density at radius 3 is 2.00 bits per heavy atom. The van der Waals surface area contributed by atoms with E-state index in [1.807, 2.05) is 12.1 Å². The molecule has 20 heavy (non-hydrogen) atoms. The number of benzene rings is 1. The van der Waals surface area contributed by atoms with Crippen molar-refractivity contribution in [1.29, 1.82) is 0 Å². The number of quaternary nitrogens is 1. The van der Waals surface area contributed by atoms with Crippen LogP contribution in [-0.4, -0.2) is 44.4 Å². The highest BCUT2D eigenvalue weighted by Gasteiger charge is 2.23. The Kier molecular flexibility index (Phi) is 5.13. The monoisotopic (exact) mass is 299 g/mol. The summed E-state index contributed by atoms with van der Waals surface area (Å²) in [4.78, 5) is 0. The molecule has 0 radical (unpaired) electrons. The van der Waals surface area contributed by atoms with Crippen LogP contribution in [0.4, 0.5) is 0 Å². The van der Waals surface area contributed by atoms with Gasteiger partial charge in [-0.1, -0.05) is 0 Å². The third-order valence-corrected chi connectivity index (χ3v) is 4.25. The zero-order chi connectivity index (χ0) is 14.6. The van der Waals surface area contributed by atoms with Crippen LogP contribution in [0.25, 0.3) is 0 Å². The van der Waals surface area contributed by atoms with Gasteiger partial charge in [-0.15, -0.1) is 11.6 Å². The molecule has 5 heteroatoms. The van der Waals surface area contributed by atoms with E-state index in [9.17, 15) is 5.21 Å². The van der Waals surface area contributed by atoms with Crippen molar-refractivity contribution in [3.63, 3.8) is 0 Å². The molecule has 1 aliphatic heterocycles. The van der Waals surface area contributed by atoms with Gasteiger partial charge in [0.25, 0.3) is 0 Å². The van der Waals surface area contributed by atoms with Gasteiger partial charge in [-0.2, -0.15) is 0 Å². The molecule has 0 aliphatic carbocycles. The standard InChI is InChI=1S/C15H22ClNO3/c1-19-14-10-12-4-8-17(18,7-3-6-16)9-5-13(12)11-15(14)20-2/h10-11H,3-9H2,1-2H3. The van der Waals surface area contributed by atoms with E-state index in [-0.39, 0.29) is 4.65 Å². The molecule has 0 unspecified atom stereocenters. The fourth-order valence-corrected chi connectivity index (χ4v) is 2.88. The average molecular weight is 300 g/mol. The van der Waals surface area contributed by atoms with Gasteiger partial charge in [-0.05, 0) is 23.3 Å². The minimum absolute atomic E-state index is 0.147. The second-order valence-electron chi connectivity index (χ2n) is 5.25. The van der Waals surface area contributed by atoms with Crippen LogP contribution < -0.4 is 9.47 Å². The molecule has 1 aromatic rings. The molecule has 2 rings (SSSR count). The quantitative estimate of drug-likeness (QED) is 0.477. The number of methoxy groups -OCH3 is 2. The number of alkyl halides is 1. The van der Waals surface area contributed by atoms with Gasteiger partial charge in [0, 0.05) is 25.1 Å². The summed E-state index contributed by atoms with van der Waals surface area (Å²) in [6, 6.07) is 4.01. The lowest BCUT2D eigenvalue weighted by atomic mass is 10.0. The first kappa shape index (κ1) is 15.4. The van der Waals surface area contributed by atoms with Gasteiger partial charge in [0.1, 0.15) is 0 Å². The van der Waals surface area contributed by atoms with Gasteiger partial charge in [-0.25, -0.2) is 0 Å². The lowest BCUT2D eigenvalue weighted by molar-refractivity contribution is -0.879. The van der Waals surface area contributed by atoms with Crippen LogP contribution in [0.3, 0.4) is 0 Å². The summed E-state index contributed by atoms with van der Waals surface area (Å²) in [6.07, 6.45) is 2.33. The maximum Gasteiger partial charge on any atom is 0.161 e. The number of rotatable bonds is 5. The molecule has 1 aromatic carbocycles. The second kappa shape index (κ2) is 6.66. The van der Waals surface area contributed by atoms with E-state index in [4.69, 9.17) is 21.1 Å². The minimum Gasteiger partial charge on any atom is -0.633 e. The van der Waals surface area contributed by atoms with Crippen molar-refractivity contribution < 1.29 is 14.1 Å². The maximum absolute atomic E-state index is 12.7. The fraction of sp³-hybridized carbons (Fsp3) is 0.600. The molecule has 112 valence electrons. The first-order valence-electron chi connectivity index (χ1n) is 6.99. The Morgan fingerprint density at radius 1 is 1.10 bits per heavy atom. The van der Waals surface area contributed by atoms with E-state index >= 15 is 0 Å². The summed E-state index contributed by atoms with van der Waals surface area (Å²) in [5.74, 6) is 2.02. The van der Waals surface area contributed by atoms with Gasteiger partial charge < -0.3 is 19.3 Å². The first-order valence-corrected chi connectivity index (χ1v) is 7.52. The molecule has 0 saturated heterocycles. The first-order chi connectivity index (χ1) is 9.61. The molecule has 0 N–H and O–H groups in total. The van der Waals surface area contributed by atoms with Crippen molar-refractivity contribution >= 4 is 11.6 Å². The molecule has 0 aromatic heterocycles. The van der Waals surface area contributed by atoms with Gasteiger partial charge in [-0.3, -0.25) is 0 Å². The van der Waals surface area contributed by atoms with Crippen LogP contribution in [-0.2, 0) is 12.8 Å². The van der Waals surface area contributed by atoms with Gasteiger partial charge in [0.05, 0.1) is 33.9 Å². The number of hydrogen-bond donors (Lipinski definition) is 0. The SMILES string of the molecule is COc1cc2c(cc1OC)CC[N+]([O-])(CCCCl)CC2. The van der Waals surface area contributed by atoms with Crippen LogP contribution in [0, 0.1) is 5.21 Å². The molecule has 1 aliphatic rings. The van der Waals surface area contributed by atoms with Crippen molar-refractivity contribution in [1.82, 2.24) is 0 Å². The predicted octanol–water partition coefficient (Wildman–Crippen LogP) is 2.75. The highest BCUT2D eigenvalue weighted by molar-refractivity contribution is 6.17. The van der Waals surface area contributed by atoms with E-state index in [0.29, 0.717) is 25.5 Å². The Labute approximate surface area is 125 Å². The zero-order valence-corrected chi connectivity index (χ0v) is 12.9. The molecule has 0 fully saturated rings. The van der Waals surface area contributed by atoms with Crippen LogP contribution in [0.1, 0.15) is 17.5 Å². The number of halogens is 1. The molecule has 0 bridgehead atoms. The van der Waals surface area contributed by atoms with Gasteiger partial charge in [0.2, 0.25) is 0 Å². The van der Waals surface area contributed by atoms with Crippen molar-refractivity contribution in [3.8, 4) is 11.5 Å². The van der Waals surface area contributed by atoms with Crippen LogP contribution in [0.2, 0.25) is 0 Å². The summed E-state index contributed by atoms with van der Waals surface area (Å²) in [6.45, 7) is 1.82. The lowest BCUT2D eigenvalue weighted by Crippen LogP contribution is -2.45. The van der Waals surface area contributed by atoms with Crippen LogP contribution in [0.5, 0.6) is 11.5 Å². The summed E-state index contributed by atoms with van der Waals surface area (Å²) >= 11 is 5.71. The smallest absolute Gasteiger partial charge is 0.161 e. The van der Waals surface area contributed by atoms with Crippen LogP contribution in [0.15, 0.2) is 12.1 Å². The number of nitrogens with zero attached hydrogens (tertiary/aromatic N) is 1. The average Bonchev–Trinajstić information content (AvgIpc) is 2.64. The van der Waals surface area contributed by atoms with Crippen molar-refractivity contribution in [3.05, 3.63) is 28.5 Å². The Morgan fingerprint density at radius 2 is 1.60 bits per heavy atom. The Bertz CT molecular complexity index is 430. The molecule has 0 atom stereocenters. The highest BCUT2D eigenvalue weighted by Crippen LogP contribution is 2.33. The van der Waals surface area contributed by atoms with E-state index in [2.05, 4.69) is 0 Å². The summed E-state index contributed by atoms with van der Waals surface area (Å²) in [7, 11) is 3.27. The van der Waals surface area contributed by atoms with E-state index in [1.165, 1.54) is 11.1 Å². The third kappa shape index (κ3) is 3.37. The molecule has 0 saturated carbocycles. The summed E-state index contributed by atoms with van der Waals surface area (Å²) in [5.41, 5.74) is 2.40. The minimum atomic E-state index is -0.147. The predicted molar refractivity (Wildman–Crippen MR) is 80.5 cm³/mol. The lowest BCUT2D eigenvalue weighted by Gasteiger charge is -2.42. The molecule has 0 spiro atoms. The van der Waals surface area contributed by atoms with Gasteiger partial charge in [0.15, 0.2) is 11.5 Å². The van der Waals surface area contributed by atoms with Crippen molar-refractivity contribution in [2.24, 2.45) is 0 Å². The molecular weight excluding hydrogens is 278 g/mol. The normalized spacial score (nSPS) is 17.2. The van der Waals surface area contributed by atoms with E-state index < -0.39 is 0 Å². The Hall–Kier alpha value is -0.970. The number of ether oxygens (including phenoxy) is 2. The van der Waals surface area contributed by atoms with E-state index in [1.54, 1.807) is 14.2 Å². The third-order valence-electron chi connectivity index (χ3n) is 3.98.